The van der Waals surface area contributed by atoms with Gasteiger partial charge < -0.3 is 14.4 Å². The van der Waals surface area contributed by atoms with Crippen LogP contribution >= 0.6 is 0 Å². The Morgan fingerprint density at radius 3 is 2.03 bits per heavy atom. The summed E-state index contributed by atoms with van der Waals surface area (Å²) in [6.45, 7) is 1.62. The highest BCUT2D eigenvalue weighted by molar-refractivity contribution is 5.68. The Morgan fingerprint density at radius 2 is 1.44 bits per heavy atom. The summed E-state index contributed by atoms with van der Waals surface area (Å²) in [5.74, 6) is -0.583. The van der Waals surface area contributed by atoms with Crippen molar-refractivity contribution in [3.63, 3.8) is 0 Å². The summed E-state index contributed by atoms with van der Waals surface area (Å²) in [4.78, 5) is 23.9. The molecule has 0 fully saturated rings. The molecular weight excluding hydrogens is 426 g/mol. The summed E-state index contributed by atoms with van der Waals surface area (Å²) < 4.78 is 7.13. The number of aromatic nitrogens is 1. The molecule has 0 saturated carbocycles. The first-order valence-electron chi connectivity index (χ1n) is 11.3. The highest BCUT2D eigenvalue weighted by atomic mass is 16.5. The van der Waals surface area contributed by atoms with Crippen molar-refractivity contribution in [1.29, 1.82) is 0 Å². The van der Waals surface area contributed by atoms with Gasteiger partial charge in [-0.2, -0.15) is 0 Å². The van der Waals surface area contributed by atoms with E-state index >= 15 is 0 Å². The largest absolute Gasteiger partial charge is 0.482 e. The lowest BCUT2D eigenvalue weighted by molar-refractivity contribution is -0.139. The molecule has 0 amide bonds. The first kappa shape index (κ1) is 23.1. The van der Waals surface area contributed by atoms with Crippen LogP contribution in [-0.2, 0) is 4.79 Å². The zero-order chi connectivity index (χ0) is 23.9. The number of benzene rings is 3. The quantitative estimate of drug-likeness (QED) is 0.364. The molecule has 0 aliphatic carbocycles. The number of nitrogens with zero attached hydrogens (tertiary/aromatic N) is 1. The Hall–Kier alpha value is -4.12. The normalized spacial score (nSPS) is 11.8. The Kier molecular flexibility index (Phi) is 7.23. The first-order valence-corrected chi connectivity index (χ1v) is 11.3. The van der Waals surface area contributed by atoms with Crippen molar-refractivity contribution < 1.29 is 14.6 Å². The number of hydrogen-bond donors (Lipinski definition) is 1. The van der Waals surface area contributed by atoms with Crippen molar-refractivity contribution in [3.05, 3.63) is 136 Å². The van der Waals surface area contributed by atoms with Crippen molar-refractivity contribution in [3.8, 4) is 5.75 Å². The Labute approximate surface area is 198 Å². The molecule has 0 radical (unpaired) electrons. The van der Waals surface area contributed by atoms with Gasteiger partial charge in [-0.3, -0.25) is 4.79 Å². The molecule has 34 heavy (non-hydrogen) atoms. The molecular formula is C29H27NO4. The minimum absolute atomic E-state index is 0.0167. The first-order chi connectivity index (χ1) is 16.6. The fourth-order valence-electron chi connectivity index (χ4n) is 4.35. The zero-order valence-corrected chi connectivity index (χ0v) is 19.0. The van der Waals surface area contributed by atoms with Crippen molar-refractivity contribution in [1.82, 2.24) is 4.57 Å². The maximum Gasteiger partial charge on any atom is 0.341 e. The lowest BCUT2D eigenvalue weighted by atomic mass is 9.86. The molecule has 4 aromatic rings. The van der Waals surface area contributed by atoms with Gasteiger partial charge in [-0.25, -0.2) is 4.79 Å². The Bertz CT molecular complexity index is 1260. The zero-order valence-electron chi connectivity index (χ0n) is 19.0. The summed E-state index contributed by atoms with van der Waals surface area (Å²) in [5.41, 5.74) is 4.12. The third-order valence-electron chi connectivity index (χ3n) is 5.89. The average Bonchev–Trinajstić information content (AvgIpc) is 2.87. The van der Waals surface area contributed by atoms with E-state index < -0.39 is 12.6 Å². The number of carboxylic acid groups (broad SMARTS) is 1. The predicted octanol–water partition coefficient (Wildman–Crippen LogP) is 5.49. The van der Waals surface area contributed by atoms with Crippen LogP contribution in [0.1, 0.15) is 47.6 Å². The number of ether oxygens (including phenoxy) is 1. The van der Waals surface area contributed by atoms with Gasteiger partial charge in [0.05, 0.1) is 6.04 Å². The van der Waals surface area contributed by atoms with E-state index in [1.807, 2.05) is 73.8 Å². The van der Waals surface area contributed by atoms with E-state index in [0.717, 1.165) is 22.3 Å². The molecule has 3 aromatic carbocycles. The fraction of sp³-hybridized carbons (Fsp3) is 0.172. The van der Waals surface area contributed by atoms with Crippen LogP contribution < -0.4 is 10.3 Å². The van der Waals surface area contributed by atoms with Crippen LogP contribution in [0.3, 0.4) is 0 Å². The average molecular weight is 454 g/mol. The fourth-order valence-corrected chi connectivity index (χ4v) is 4.35. The van der Waals surface area contributed by atoms with Gasteiger partial charge in [0.2, 0.25) is 0 Å². The number of pyridine rings is 1. The molecule has 1 N–H and O–H groups in total. The maximum absolute atomic E-state index is 13.0. The molecule has 0 saturated heterocycles. The van der Waals surface area contributed by atoms with Gasteiger partial charge >= 0.3 is 5.97 Å². The second kappa shape index (κ2) is 10.7. The van der Waals surface area contributed by atoms with Crippen LogP contribution in [0.15, 0.2) is 108 Å². The van der Waals surface area contributed by atoms with Crippen LogP contribution in [0.5, 0.6) is 5.75 Å². The smallest absolute Gasteiger partial charge is 0.341 e. The number of carboxylic acids is 1. The Balaban J connectivity index is 1.77. The lowest BCUT2D eigenvalue weighted by Gasteiger charge is -2.24. The molecule has 1 atom stereocenters. The highest BCUT2D eigenvalue weighted by Crippen LogP contribution is 2.32. The van der Waals surface area contributed by atoms with Gasteiger partial charge in [0.15, 0.2) is 6.61 Å². The molecule has 172 valence electrons. The molecule has 0 spiro atoms. The molecule has 5 heteroatoms. The lowest BCUT2D eigenvalue weighted by Crippen LogP contribution is -2.25. The van der Waals surface area contributed by atoms with Crippen LogP contribution in [-0.4, -0.2) is 22.2 Å². The van der Waals surface area contributed by atoms with Crippen LogP contribution in [0.4, 0.5) is 0 Å². The van der Waals surface area contributed by atoms with Gasteiger partial charge in [-0.15, -0.1) is 0 Å². The number of aliphatic carboxylic acids is 1. The molecule has 1 aromatic heterocycles. The molecule has 0 aliphatic rings. The van der Waals surface area contributed by atoms with E-state index in [4.69, 9.17) is 9.84 Å². The van der Waals surface area contributed by atoms with Gasteiger partial charge in [0.1, 0.15) is 5.75 Å². The molecule has 5 nitrogen and oxygen atoms in total. The second-order valence-electron chi connectivity index (χ2n) is 8.14. The van der Waals surface area contributed by atoms with Crippen LogP contribution in [0, 0.1) is 0 Å². The third kappa shape index (κ3) is 5.26. The van der Waals surface area contributed by atoms with E-state index in [1.165, 1.54) is 0 Å². The molecule has 0 aliphatic heterocycles. The summed E-state index contributed by atoms with van der Waals surface area (Å²) in [7, 11) is 0. The Morgan fingerprint density at radius 1 is 0.824 bits per heavy atom. The van der Waals surface area contributed by atoms with Crippen LogP contribution in [0.2, 0.25) is 0 Å². The van der Waals surface area contributed by atoms with E-state index in [-0.39, 0.29) is 17.5 Å². The highest BCUT2D eigenvalue weighted by Gasteiger charge is 2.20. The number of carbonyl (C=O) groups is 1. The van der Waals surface area contributed by atoms with Crippen molar-refractivity contribution in [2.75, 3.05) is 6.61 Å². The van der Waals surface area contributed by atoms with Gasteiger partial charge in [0.25, 0.3) is 5.56 Å². The van der Waals surface area contributed by atoms with Crippen molar-refractivity contribution in [2.45, 2.75) is 25.3 Å². The standard InChI is InChI=1S/C29H27NO4/c1-2-26(23-14-9-15-25(18-23)34-20-28(32)33)30-19-24(16-17-27(30)31)29(21-10-5-3-6-11-21)22-12-7-4-8-13-22/h3-19,26,29H,2,20H2,1H3,(H,32,33). The minimum Gasteiger partial charge on any atom is -0.482 e. The molecule has 1 heterocycles. The number of rotatable bonds is 9. The van der Waals surface area contributed by atoms with E-state index in [9.17, 15) is 9.59 Å². The topological polar surface area (TPSA) is 68.5 Å². The van der Waals surface area contributed by atoms with Gasteiger partial charge in [-0.1, -0.05) is 85.8 Å². The van der Waals surface area contributed by atoms with E-state index in [1.54, 1.807) is 16.7 Å². The van der Waals surface area contributed by atoms with E-state index in [0.29, 0.717) is 12.2 Å². The van der Waals surface area contributed by atoms with Crippen molar-refractivity contribution >= 4 is 5.97 Å². The molecule has 4 rings (SSSR count). The maximum atomic E-state index is 13.0. The third-order valence-corrected chi connectivity index (χ3v) is 5.89. The van der Waals surface area contributed by atoms with Gasteiger partial charge in [-0.05, 0) is 40.8 Å². The summed E-state index contributed by atoms with van der Waals surface area (Å²) in [6.07, 6.45) is 2.64. The van der Waals surface area contributed by atoms with E-state index in [2.05, 4.69) is 24.3 Å². The second-order valence-corrected chi connectivity index (χ2v) is 8.14. The summed E-state index contributed by atoms with van der Waals surface area (Å²) >= 11 is 0. The number of hydrogen-bond acceptors (Lipinski definition) is 3. The monoisotopic (exact) mass is 453 g/mol. The van der Waals surface area contributed by atoms with Crippen LogP contribution in [0.25, 0.3) is 0 Å². The summed E-state index contributed by atoms with van der Waals surface area (Å²) in [5, 5.41) is 8.91. The van der Waals surface area contributed by atoms with Crippen molar-refractivity contribution in [2.24, 2.45) is 0 Å². The van der Waals surface area contributed by atoms with Gasteiger partial charge in [0, 0.05) is 18.2 Å². The predicted molar refractivity (Wildman–Crippen MR) is 133 cm³/mol. The SMILES string of the molecule is CCC(c1cccc(OCC(=O)O)c1)n1cc(C(c2ccccc2)c2ccccc2)ccc1=O. The minimum atomic E-state index is -1.03. The molecule has 0 bridgehead atoms. The molecule has 1 unspecified atom stereocenters. The summed E-state index contributed by atoms with van der Waals surface area (Å²) in [6, 6.07) is 31.1.